The smallest absolute Gasteiger partial charge is 0.254 e. The Morgan fingerprint density at radius 3 is 2.75 bits per heavy atom. The number of nitrogens with one attached hydrogen (secondary N) is 1. The number of para-hydroxylation sites is 1. The van der Waals surface area contributed by atoms with Gasteiger partial charge < -0.3 is 14.6 Å². The van der Waals surface area contributed by atoms with Gasteiger partial charge in [0.25, 0.3) is 5.91 Å². The average molecular weight is 320 g/mol. The Kier molecular flexibility index (Phi) is 3.62. The average Bonchev–Trinajstić information content (AvgIpc) is 3.25. The van der Waals surface area contributed by atoms with Crippen molar-refractivity contribution >= 4 is 16.9 Å². The van der Waals surface area contributed by atoms with Crippen molar-refractivity contribution in [2.24, 2.45) is 0 Å². The molecule has 1 aliphatic rings. The lowest BCUT2D eigenvalue weighted by atomic mass is 10.0. The van der Waals surface area contributed by atoms with Gasteiger partial charge in [-0.1, -0.05) is 24.3 Å². The summed E-state index contributed by atoms with van der Waals surface area (Å²) in [6.07, 6.45) is 0. The lowest BCUT2D eigenvalue weighted by Crippen LogP contribution is -2.29. The molecule has 1 unspecified atom stereocenters. The first-order chi connectivity index (χ1) is 11.6. The summed E-state index contributed by atoms with van der Waals surface area (Å²) >= 11 is 0. The highest BCUT2D eigenvalue weighted by Gasteiger charge is 2.23. The third-order valence-electron chi connectivity index (χ3n) is 4.84. The van der Waals surface area contributed by atoms with E-state index in [1.165, 1.54) is 11.1 Å². The summed E-state index contributed by atoms with van der Waals surface area (Å²) in [7, 11) is 1.83. The van der Waals surface area contributed by atoms with Gasteiger partial charge in [-0.15, -0.1) is 0 Å². The quantitative estimate of drug-likeness (QED) is 0.797. The van der Waals surface area contributed by atoms with E-state index in [0.717, 1.165) is 35.4 Å². The number of carbonyl (C=O) groups is 1. The Balaban J connectivity index is 1.59. The molecular weight excluding hydrogens is 300 g/mol. The van der Waals surface area contributed by atoms with Crippen LogP contribution in [0.3, 0.4) is 0 Å². The van der Waals surface area contributed by atoms with Gasteiger partial charge in [-0.05, 0) is 42.3 Å². The van der Waals surface area contributed by atoms with Crippen LogP contribution in [0.5, 0.6) is 0 Å². The summed E-state index contributed by atoms with van der Waals surface area (Å²) in [5, 5.41) is 4.37. The van der Waals surface area contributed by atoms with E-state index in [-0.39, 0.29) is 11.9 Å². The number of nitrogens with zero attached hydrogens (tertiary/aromatic N) is 1. The molecule has 0 fully saturated rings. The first-order valence-electron chi connectivity index (χ1n) is 8.21. The molecule has 0 bridgehead atoms. The summed E-state index contributed by atoms with van der Waals surface area (Å²) in [5.74, 6) is 0.813. The van der Waals surface area contributed by atoms with E-state index >= 15 is 0 Å². The first kappa shape index (κ1) is 15.0. The van der Waals surface area contributed by atoms with Gasteiger partial charge >= 0.3 is 0 Å². The van der Waals surface area contributed by atoms with Crippen LogP contribution in [-0.4, -0.2) is 17.9 Å². The second kappa shape index (κ2) is 5.80. The van der Waals surface area contributed by atoms with Gasteiger partial charge in [0, 0.05) is 31.1 Å². The van der Waals surface area contributed by atoms with E-state index in [1.54, 1.807) is 4.90 Å². The summed E-state index contributed by atoms with van der Waals surface area (Å²) in [4.78, 5) is 14.6. The molecule has 0 spiro atoms. The van der Waals surface area contributed by atoms with Crippen LogP contribution < -0.4 is 5.32 Å². The van der Waals surface area contributed by atoms with Gasteiger partial charge in [-0.2, -0.15) is 0 Å². The first-order valence-corrected chi connectivity index (χ1v) is 8.21. The van der Waals surface area contributed by atoms with Crippen LogP contribution in [0.2, 0.25) is 0 Å². The number of benzene rings is 2. The van der Waals surface area contributed by atoms with Crippen LogP contribution in [-0.2, 0) is 13.1 Å². The number of furan rings is 1. The Labute approximate surface area is 141 Å². The third kappa shape index (κ3) is 2.49. The minimum Gasteiger partial charge on any atom is -0.459 e. The van der Waals surface area contributed by atoms with Crippen molar-refractivity contribution in [2.45, 2.75) is 26.1 Å². The molecule has 3 aromatic rings. The summed E-state index contributed by atoms with van der Waals surface area (Å²) < 4.78 is 5.91. The van der Waals surface area contributed by atoms with Crippen LogP contribution >= 0.6 is 0 Å². The maximum Gasteiger partial charge on any atom is 0.254 e. The Morgan fingerprint density at radius 1 is 1.12 bits per heavy atom. The zero-order valence-corrected chi connectivity index (χ0v) is 13.9. The molecule has 0 saturated heterocycles. The van der Waals surface area contributed by atoms with Crippen LogP contribution in [0.15, 0.2) is 52.9 Å². The number of hydrogen-bond donors (Lipinski definition) is 1. The van der Waals surface area contributed by atoms with Crippen LogP contribution in [0, 0.1) is 0 Å². The molecule has 0 aliphatic carbocycles. The predicted molar refractivity (Wildman–Crippen MR) is 93.7 cm³/mol. The van der Waals surface area contributed by atoms with Crippen molar-refractivity contribution in [1.29, 1.82) is 0 Å². The fourth-order valence-corrected chi connectivity index (χ4v) is 3.21. The molecule has 1 atom stereocenters. The lowest BCUT2D eigenvalue weighted by Gasteiger charge is -2.23. The lowest BCUT2D eigenvalue weighted by molar-refractivity contribution is 0.0727. The number of fused-ring (bicyclic) bond motifs is 2. The van der Waals surface area contributed by atoms with E-state index in [9.17, 15) is 4.79 Å². The topological polar surface area (TPSA) is 45.5 Å². The highest BCUT2D eigenvalue weighted by atomic mass is 16.3. The van der Waals surface area contributed by atoms with E-state index in [4.69, 9.17) is 4.42 Å². The van der Waals surface area contributed by atoms with Crippen molar-refractivity contribution in [1.82, 2.24) is 10.2 Å². The van der Waals surface area contributed by atoms with E-state index < -0.39 is 0 Å². The predicted octanol–water partition coefficient (Wildman–Crippen LogP) is 3.87. The molecule has 1 amide bonds. The van der Waals surface area contributed by atoms with Crippen molar-refractivity contribution in [3.05, 3.63) is 71.0 Å². The van der Waals surface area contributed by atoms with E-state index in [1.807, 2.05) is 62.5 Å². The van der Waals surface area contributed by atoms with Crippen LogP contribution in [0.1, 0.15) is 40.2 Å². The molecule has 4 heteroatoms. The molecular formula is C20H20N2O2. The SMILES string of the molecule is CC(c1cc2ccccc2o1)N(C)C(=O)c1ccc2c(c1)CNC2. The van der Waals surface area contributed by atoms with Gasteiger partial charge in [0.1, 0.15) is 11.3 Å². The third-order valence-corrected chi connectivity index (χ3v) is 4.84. The van der Waals surface area contributed by atoms with Gasteiger partial charge in [0.15, 0.2) is 0 Å². The maximum absolute atomic E-state index is 12.8. The number of rotatable bonds is 3. The fraction of sp³-hybridized carbons (Fsp3) is 0.250. The number of amides is 1. The molecule has 1 aromatic heterocycles. The zero-order chi connectivity index (χ0) is 16.7. The minimum absolute atomic E-state index is 0.0117. The second-order valence-electron chi connectivity index (χ2n) is 6.37. The summed E-state index contributed by atoms with van der Waals surface area (Å²) in [6, 6.07) is 15.7. The second-order valence-corrected chi connectivity index (χ2v) is 6.37. The van der Waals surface area contributed by atoms with Crippen LogP contribution in [0.4, 0.5) is 0 Å². The monoisotopic (exact) mass is 320 g/mol. The minimum atomic E-state index is -0.128. The van der Waals surface area contributed by atoms with E-state index in [2.05, 4.69) is 5.32 Å². The molecule has 2 aromatic carbocycles. The maximum atomic E-state index is 12.8. The molecule has 0 radical (unpaired) electrons. The van der Waals surface area contributed by atoms with Crippen molar-refractivity contribution < 1.29 is 9.21 Å². The van der Waals surface area contributed by atoms with E-state index in [0.29, 0.717) is 0 Å². The zero-order valence-electron chi connectivity index (χ0n) is 13.9. The Bertz CT molecular complexity index is 880. The highest BCUT2D eigenvalue weighted by molar-refractivity contribution is 5.94. The van der Waals surface area contributed by atoms with Gasteiger partial charge in [-0.25, -0.2) is 0 Å². The fourth-order valence-electron chi connectivity index (χ4n) is 3.21. The molecule has 4 rings (SSSR count). The Morgan fingerprint density at radius 2 is 1.92 bits per heavy atom. The van der Waals surface area contributed by atoms with Gasteiger partial charge in [0.05, 0.1) is 6.04 Å². The highest BCUT2D eigenvalue weighted by Crippen LogP contribution is 2.28. The molecule has 2 heterocycles. The largest absolute Gasteiger partial charge is 0.459 e. The van der Waals surface area contributed by atoms with Crippen molar-refractivity contribution in [3.8, 4) is 0 Å². The number of hydrogen-bond acceptors (Lipinski definition) is 3. The molecule has 122 valence electrons. The summed E-state index contributed by atoms with van der Waals surface area (Å²) in [6.45, 7) is 3.71. The molecule has 4 nitrogen and oxygen atoms in total. The number of carbonyl (C=O) groups excluding carboxylic acids is 1. The molecule has 1 N–H and O–H groups in total. The molecule has 1 aliphatic heterocycles. The van der Waals surface area contributed by atoms with Crippen molar-refractivity contribution in [2.75, 3.05) is 7.05 Å². The standard InChI is InChI=1S/C20H20N2O2/c1-13(19-10-14-5-3-4-6-18(14)24-19)22(2)20(23)15-7-8-16-11-21-12-17(16)9-15/h3-10,13,21H,11-12H2,1-2H3. The van der Waals surface area contributed by atoms with Crippen LogP contribution in [0.25, 0.3) is 11.0 Å². The summed E-state index contributed by atoms with van der Waals surface area (Å²) in [5.41, 5.74) is 4.07. The Hall–Kier alpha value is -2.59. The van der Waals surface area contributed by atoms with Gasteiger partial charge in [0.2, 0.25) is 0 Å². The molecule has 24 heavy (non-hydrogen) atoms. The molecule has 0 saturated carbocycles. The van der Waals surface area contributed by atoms with Crippen molar-refractivity contribution in [3.63, 3.8) is 0 Å². The normalized spacial score (nSPS) is 14.6. The van der Waals surface area contributed by atoms with Gasteiger partial charge in [-0.3, -0.25) is 4.79 Å².